The van der Waals surface area contributed by atoms with Crippen molar-refractivity contribution in [1.29, 1.82) is 0 Å². The highest BCUT2D eigenvalue weighted by Gasteiger charge is 2.24. The first-order chi connectivity index (χ1) is 10.7. The zero-order valence-electron chi connectivity index (χ0n) is 13.3. The summed E-state index contributed by atoms with van der Waals surface area (Å²) < 4.78 is 27.1. The second kappa shape index (κ2) is 7.43. The molecule has 2 heterocycles. The van der Waals surface area contributed by atoms with Gasteiger partial charge < -0.3 is 5.73 Å². The number of fused-ring (bicyclic) bond motifs is 1. The third kappa shape index (κ3) is 4.20. The molecule has 0 spiro atoms. The second-order valence-corrected chi connectivity index (χ2v) is 7.14. The van der Waals surface area contributed by atoms with E-state index < -0.39 is 26.8 Å². The van der Waals surface area contributed by atoms with Crippen LogP contribution in [0.5, 0.6) is 0 Å². The third-order valence-corrected chi connectivity index (χ3v) is 5.27. The molecule has 0 unspecified atom stereocenters. The van der Waals surface area contributed by atoms with Gasteiger partial charge in [-0.05, 0) is 18.9 Å². The van der Waals surface area contributed by atoms with Gasteiger partial charge >= 0.3 is 5.69 Å². The van der Waals surface area contributed by atoms with Crippen LogP contribution < -0.4 is 21.7 Å². The van der Waals surface area contributed by atoms with Crippen molar-refractivity contribution in [2.75, 3.05) is 6.54 Å². The summed E-state index contributed by atoms with van der Waals surface area (Å²) in [6.07, 6.45) is 2.31. The van der Waals surface area contributed by atoms with E-state index in [1.807, 2.05) is 18.8 Å². The molecule has 2 rings (SSSR count). The number of rotatable bonds is 6. The normalized spacial score (nSPS) is 12.1. The van der Waals surface area contributed by atoms with Crippen molar-refractivity contribution < 1.29 is 8.42 Å². The smallest absolute Gasteiger partial charge is 0.324 e. The zero-order chi connectivity index (χ0) is 17.3. The molecule has 24 heavy (non-hydrogen) atoms. The van der Waals surface area contributed by atoms with E-state index in [-0.39, 0.29) is 34.9 Å². The molecule has 0 saturated carbocycles. The quantitative estimate of drug-likeness (QED) is 0.548. The van der Waals surface area contributed by atoms with Crippen molar-refractivity contribution in [3.63, 3.8) is 0 Å². The van der Waals surface area contributed by atoms with E-state index in [2.05, 4.69) is 14.7 Å². The maximum Gasteiger partial charge on any atom is 0.327 e. The van der Waals surface area contributed by atoms with Crippen molar-refractivity contribution >= 4 is 33.5 Å². The average Bonchev–Trinajstić information content (AvgIpc) is 2.52. The number of hydrogen-bond acceptors (Lipinski definition) is 6. The Kier molecular flexibility index (Phi) is 6.28. The molecule has 0 saturated heterocycles. The van der Waals surface area contributed by atoms with Crippen molar-refractivity contribution in [2.45, 2.75) is 37.1 Å². The van der Waals surface area contributed by atoms with E-state index >= 15 is 0 Å². The maximum absolute atomic E-state index is 12.3. The van der Waals surface area contributed by atoms with E-state index in [1.54, 1.807) is 0 Å². The van der Waals surface area contributed by atoms with Crippen molar-refractivity contribution in [3.8, 4) is 0 Å². The Hall–Kier alpha value is -1.75. The monoisotopic (exact) mass is 377 g/mol. The van der Waals surface area contributed by atoms with Crippen LogP contribution >= 0.6 is 12.4 Å². The number of aromatic nitrogens is 3. The molecule has 0 atom stereocenters. The van der Waals surface area contributed by atoms with E-state index in [0.29, 0.717) is 12.8 Å². The van der Waals surface area contributed by atoms with Gasteiger partial charge in [0.15, 0.2) is 0 Å². The highest BCUT2D eigenvalue weighted by molar-refractivity contribution is 7.89. The SMILES string of the molecule is CCC(N)(CC)CNS(=O)(=O)c1cnc2[nH]c(=O)[nH]c(=O)c2c1.Cl. The van der Waals surface area contributed by atoms with Gasteiger partial charge in [-0.3, -0.25) is 14.8 Å². The summed E-state index contributed by atoms with van der Waals surface area (Å²) in [5.41, 5.74) is 4.05. The van der Waals surface area contributed by atoms with E-state index in [4.69, 9.17) is 5.73 Å². The minimum absolute atomic E-state index is 0. The average molecular weight is 378 g/mol. The molecule has 0 aliphatic carbocycles. The third-order valence-electron chi connectivity index (χ3n) is 3.90. The number of nitrogens with zero attached hydrogens (tertiary/aromatic N) is 1. The fourth-order valence-corrected chi connectivity index (χ4v) is 3.11. The lowest BCUT2D eigenvalue weighted by Gasteiger charge is -2.26. The number of aromatic amines is 2. The Balaban J connectivity index is 0.00000288. The summed E-state index contributed by atoms with van der Waals surface area (Å²) in [5.74, 6) is 0. The Labute approximate surface area is 144 Å². The van der Waals surface area contributed by atoms with Crippen LogP contribution in [0.1, 0.15) is 26.7 Å². The first kappa shape index (κ1) is 20.3. The Morgan fingerprint density at radius 3 is 2.46 bits per heavy atom. The van der Waals surface area contributed by atoms with Gasteiger partial charge in [0, 0.05) is 18.3 Å². The number of halogens is 1. The number of pyridine rings is 1. The zero-order valence-corrected chi connectivity index (χ0v) is 14.9. The first-order valence-corrected chi connectivity index (χ1v) is 8.60. The van der Waals surface area contributed by atoms with Gasteiger partial charge in [-0.15, -0.1) is 12.4 Å². The summed E-state index contributed by atoms with van der Waals surface area (Å²) in [4.78, 5) is 30.9. The van der Waals surface area contributed by atoms with Crippen LogP contribution in [0.4, 0.5) is 0 Å². The Morgan fingerprint density at radius 1 is 1.25 bits per heavy atom. The van der Waals surface area contributed by atoms with Crippen LogP contribution in [-0.4, -0.2) is 35.5 Å². The van der Waals surface area contributed by atoms with Gasteiger partial charge in [-0.1, -0.05) is 13.8 Å². The summed E-state index contributed by atoms with van der Waals surface area (Å²) in [7, 11) is -3.87. The van der Waals surface area contributed by atoms with E-state index in [1.165, 1.54) is 0 Å². The summed E-state index contributed by atoms with van der Waals surface area (Å²) in [5, 5.41) is -0.0162. The van der Waals surface area contributed by atoms with Crippen LogP contribution in [0.15, 0.2) is 26.7 Å². The van der Waals surface area contributed by atoms with Gasteiger partial charge in [-0.25, -0.2) is 22.9 Å². The summed E-state index contributed by atoms with van der Waals surface area (Å²) in [6.45, 7) is 3.83. The second-order valence-electron chi connectivity index (χ2n) is 5.37. The molecule has 0 aliphatic rings. The lowest BCUT2D eigenvalue weighted by molar-refractivity contribution is 0.392. The van der Waals surface area contributed by atoms with Crippen LogP contribution in [0.25, 0.3) is 11.0 Å². The molecular weight excluding hydrogens is 358 g/mol. The van der Waals surface area contributed by atoms with Crippen LogP contribution in [0, 0.1) is 0 Å². The van der Waals surface area contributed by atoms with Crippen LogP contribution in [-0.2, 0) is 10.0 Å². The molecule has 11 heteroatoms. The number of hydrogen-bond donors (Lipinski definition) is 4. The molecule has 0 aromatic carbocycles. The van der Waals surface area contributed by atoms with Gasteiger partial charge in [0.25, 0.3) is 5.56 Å². The van der Waals surface area contributed by atoms with Gasteiger partial charge in [0.05, 0.1) is 5.39 Å². The van der Waals surface area contributed by atoms with Crippen molar-refractivity contribution in [1.82, 2.24) is 19.7 Å². The molecule has 0 amide bonds. The highest BCUT2D eigenvalue weighted by Crippen LogP contribution is 2.14. The molecule has 0 fully saturated rings. The Morgan fingerprint density at radius 2 is 1.88 bits per heavy atom. The summed E-state index contributed by atoms with van der Waals surface area (Å²) >= 11 is 0. The molecule has 0 aliphatic heterocycles. The predicted molar refractivity (Wildman–Crippen MR) is 92.9 cm³/mol. The van der Waals surface area contributed by atoms with Gasteiger partial charge in [0.1, 0.15) is 10.5 Å². The molecule has 0 bridgehead atoms. The van der Waals surface area contributed by atoms with Crippen molar-refractivity contribution in [2.24, 2.45) is 5.73 Å². The van der Waals surface area contributed by atoms with Gasteiger partial charge in [-0.2, -0.15) is 0 Å². The molecular formula is C13H20ClN5O4S. The maximum atomic E-state index is 12.3. The number of nitrogens with two attached hydrogens (primary N) is 1. The molecule has 2 aromatic rings. The largest absolute Gasteiger partial charge is 0.327 e. The topological polar surface area (TPSA) is 151 Å². The van der Waals surface area contributed by atoms with Crippen LogP contribution in [0.2, 0.25) is 0 Å². The Bertz CT molecular complexity index is 933. The number of H-pyrrole nitrogens is 2. The standard InChI is InChI=1S/C13H19N5O4S.ClH/c1-3-13(14,4-2)7-16-23(21,22)8-5-9-10(15-6-8)17-12(20)18-11(9)19;/h5-6,16H,3-4,7,14H2,1-2H3,(H2,15,17,18,19,20);1H. The molecule has 0 radical (unpaired) electrons. The van der Waals surface area contributed by atoms with Crippen molar-refractivity contribution in [3.05, 3.63) is 33.1 Å². The van der Waals surface area contributed by atoms with Crippen LogP contribution in [0.3, 0.4) is 0 Å². The first-order valence-electron chi connectivity index (χ1n) is 7.11. The molecule has 5 N–H and O–H groups in total. The predicted octanol–water partition coefficient (Wildman–Crippen LogP) is -0.171. The molecule has 2 aromatic heterocycles. The number of sulfonamides is 1. The lowest BCUT2D eigenvalue weighted by Crippen LogP contribution is -2.49. The van der Waals surface area contributed by atoms with E-state index in [9.17, 15) is 18.0 Å². The lowest BCUT2D eigenvalue weighted by atomic mass is 9.95. The highest BCUT2D eigenvalue weighted by atomic mass is 35.5. The fourth-order valence-electron chi connectivity index (χ4n) is 2.00. The minimum atomic E-state index is -3.87. The van der Waals surface area contributed by atoms with Gasteiger partial charge in [0.2, 0.25) is 10.0 Å². The summed E-state index contributed by atoms with van der Waals surface area (Å²) in [6, 6.07) is 1.16. The molecule has 9 nitrogen and oxygen atoms in total. The van der Waals surface area contributed by atoms with E-state index in [0.717, 1.165) is 12.3 Å². The number of nitrogens with one attached hydrogen (secondary N) is 3. The molecule has 134 valence electrons. The fraction of sp³-hybridized carbons (Fsp3) is 0.462. The minimum Gasteiger partial charge on any atom is -0.324 e.